The largest absolute Gasteiger partial charge is 0.341 e. The van der Waals surface area contributed by atoms with Crippen LogP contribution in [0.2, 0.25) is 0 Å². The molecule has 5 heteroatoms. The summed E-state index contributed by atoms with van der Waals surface area (Å²) in [5, 5.41) is 3.23. The second-order valence-electron chi connectivity index (χ2n) is 4.34. The number of hydrogen-bond acceptors (Lipinski definition) is 3. The van der Waals surface area contributed by atoms with Crippen molar-refractivity contribution < 1.29 is 0 Å². The number of benzene rings is 1. The summed E-state index contributed by atoms with van der Waals surface area (Å²) in [6, 6.07) is 6.38. The van der Waals surface area contributed by atoms with Crippen molar-refractivity contribution in [2.24, 2.45) is 0 Å². The highest BCUT2D eigenvalue weighted by atomic mass is 32.2. The molecule has 0 atom stereocenters. The molecule has 1 N–H and O–H groups in total. The summed E-state index contributed by atoms with van der Waals surface area (Å²) < 4.78 is 2.97. The summed E-state index contributed by atoms with van der Waals surface area (Å²) in [6.07, 6.45) is 2.06. The van der Waals surface area contributed by atoms with Gasteiger partial charge in [-0.15, -0.1) is 0 Å². The number of aryl methyl sites for hydroxylation is 2. The van der Waals surface area contributed by atoms with Gasteiger partial charge in [-0.3, -0.25) is 0 Å². The first-order valence-electron chi connectivity index (χ1n) is 5.73. The molecule has 3 nitrogen and oxygen atoms in total. The van der Waals surface area contributed by atoms with E-state index in [0.29, 0.717) is 0 Å². The Labute approximate surface area is 116 Å². The summed E-state index contributed by atoms with van der Waals surface area (Å²) >= 11 is 6.84. The summed E-state index contributed by atoms with van der Waals surface area (Å²) in [5.41, 5.74) is 4.61. The number of nitrogens with one attached hydrogen (secondary N) is 1. The summed E-state index contributed by atoms with van der Waals surface area (Å²) in [7, 11) is 0. The van der Waals surface area contributed by atoms with Crippen molar-refractivity contribution in [2.75, 3.05) is 5.32 Å². The van der Waals surface area contributed by atoms with Gasteiger partial charge in [-0.05, 0) is 37.6 Å². The lowest BCUT2D eigenvalue weighted by molar-refractivity contribution is 0.972. The maximum Gasteiger partial charge on any atom is 0.138 e. The second kappa shape index (κ2) is 4.40. The minimum Gasteiger partial charge on any atom is -0.341 e. The Balaban J connectivity index is 2.05. The van der Waals surface area contributed by atoms with E-state index >= 15 is 0 Å². The molecule has 0 amide bonds. The zero-order chi connectivity index (χ0) is 12.7. The number of hydrogen-bond donors (Lipinski definition) is 1. The lowest BCUT2D eigenvalue weighted by atomic mass is 10.1. The molecule has 18 heavy (non-hydrogen) atoms. The molecule has 0 fully saturated rings. The van der Waals surface area contributed by atoms with E-state index in [2.05, 4.69) is 39.3 Å². The van der Waals surface area contributed by atoms with Crippen LogP contribution >= 0.6 is 24.0 Å². The normalized spacial score (nSPS) is 14.2. The molecule has 0 bridgehead atoms. The van der Waals surface area contributed by atoms with E-state index in [1.807, 2.05) is 13.8 Å². The quantitative estimate of drug-likeness (QED) is 0.808. The highest BCUT2D eigenvalue weighted by Gasteiger charge is 2.14. The minimum absolute atomic E-state index is 0.852. The fraction of sp³-hybridized carbons (Fsp3) is 0.231. The Morgan fingerprint density at radius 3 is 2.94 bits per heavy atom. The van der Waals surface area contributed by atoms with Crippen LogP contribution < -0.4 is 5.32 Å². The molecular formula is C13H13N3S2. The lowest BCUT2D eigenvalue weighted by Gasteiger charge is -2.19. The number of rotatable bonds is 1. The van der Waals surface area contributed by atoms with E-state index in [0.717, 1.165) is 33.0 Å². The molecule has 1 aromatic carbocycles. The number of fused-ring (bicyclic) bond motifs is 1. The van der Waals surface area contributed by atoms with E-state index in [4.69, 9.17) is 12.2 Å². The maximum atomic E-state index is 5.17. The SMILES string of the molecule is Cc1cn(-c2ccc3c(c2)CSC(=S)N3)c(C)n1. The van der Waals surface area contributed by atoms with Crippen molar-refractivity contribution in [1.82, 2.24) is 9.55 Å². The maximum absolute atomic E-state index is 5.17. The summed E-state index contributed by atoms with van der Waals surface area (Å²) in [6.45, 7) is 4.03. The minimum atomic E-state index is 0.852. The molecular weight excluding hydrogens is 262 g/mol. The van der Waals surface area contributed by atoms with Crippen molar-refractivity contribution in [3.63, 3.8) is 0 Å². The highest BCUT2D eigenvalue weighted by Crippen LogP contribution is 2.30. The highest BCUT2D eigenvalue weighted by molar-refractivity contribution is 8.22. The Morgan fingerprint density at radius 2 is 2.22 bits per heavy atom. The van der Waals surface area contributed by atoms with Crippen LogP contribution in [0.25, 0.3) is 5.69 Å². The Morgan fingerprint density at radius 1 is 1.39 bits per heavy atom. The first kappa shape index (κ1) is 11.7. The summed E-state index contributed by atoms with van der Waals surface area (Å²) in [5.74, 6) is 1.95. The average molecular weight is 275 g/mol. The molecule has 2 heterocycles. The Kier molecular flexibility index (Phi) is 2.87. The number of imidazole rings is 1. The number of thioether (sulfide) groups is 1. The van der Waals surface area contributed by atoms with Crippen LogP contribution in [0.15, 0.2) is 24.4 Å². The Bertz CT molecular complexity index is 631. The van der Waals surface area contributed by atoms with E-state index in [1.165, 1.54) is 5.56 Å². The van der Waals surface area contributed by atoms with Gasteiger partial charge in [0.2, 0.25) is 0 Å². The monoisotopic (exact) mass is 275 g/mol. The molecule has 1 aliphatic heterocycles. The third-order valence-corrected chi connectivity index (χ3v) is 4.24. The molecule has 0 aliphatic carbocycles. The predicted molar refractivity (Wildman–Crippen MR) is 80.6 cm³/mol. The van der Waals surface area contributed by atoms with Gasteiger partial charge < -0.3 is 9.88 Å². The van der Waals surface area contributed by atoms with Gasteiger partial charge in [0, 0.05) is 23.3 Å². The number of thiocarbonyl (C=S) groups is 1. The van der Waals surface area contributed by atoms with E-state index < -0.39 is 0 Å². The van der Waals surface area contributed by atoms with Crippen LogP contribution in [0.5, 0.6) is 0 Å². The van der Waals surface area contributed by atoms with Gasteiger partial charge in [-0.2, -0.15) is 0 Å². The number of nitrogens with zero attached hydrogens (tertiary/aromatic N) is 2. The van der Waals surface area contributed by atoms with Crippen molar-refractivity contribution in [3.05, 3.63) is 41.5 Å². The van der Waals surface area contributed by atoms with Crippen LogP contribution in [0.4, 0.5) is 5.69 Å². The van der Waals surface area contributed by atoms with E-state index in [1.54, 1.807) is 11.8 Å². The zero-order valence-electron chi connectivity index (χ0n) is 10.2. The molecule has 0 unspecified atom stereocenters. The third kappa shape index (κ3) is 2.04. The Hall–Kier alpha value is -1.33. The first-order chi connectivity index (χ1) is 8.63. The van der Waals surface area contributed by atoms with Crippen molar-refractivity contribution in [1.29, 1.82) is 0 Å². The number of aromatic nitrogens is 2. The molecule has 92 valence electrons. The molecule has 1 aliphatic rings. The first-order valence-corrected chi connectivity index (χ1v) is 7.12. The van der Waals surface area contributed by atoms with Crippen molar-refractivity contribution in [2.45, 2.75) is 19.6 Å². The topological polar surface area (TPSA) is 29.9 Å². The van der Waals surface area contributed by atoms with E-state index in [-0.39, 0.29) is 0 Å². The molecule has 1 aromatic heterocycles. The van der Waals surface area contributed by atoms with Gasteiger partial charge in [0.25, 0.3) is 0 Å². The van der Waals surface area contributed by atoms with Crippen LogP contribution in [0.1, 0.15) is 17.1 Å². The van der Waals surface area contributed by atoms with Gasteiger partial charge >= 0.3 is 0 Å². The van der Waals surface area contributed by atoms with Crippen LogP contribution in [0, 0.1) is 13.8 Å². The van der Waals surface area contributed by atoms with Crippen LogP contribution in [-0.2, 0) is 5.75 Å². The average Bonchev–Trinajstić information content (AvgIpc) is 2.68. The van der Waals surface area contributed by atoms with Gasteiger partial charge in [0.05, 0.1) is 5.69 Å². The molecule has 3 rings (SSSR count). The molecule has 0 saturated heterocycles. The fourth-order valence-electron chi connectivity index (χ4n) is 2.14. The van der Waals surface area contributed by atoms with Crippen molar-refractivity contribution >= 4 is 34.0 Å². The smallest absolute Gasteiger partial charge is 0.138 e. The second-order valence-corrected chi connectivity index (χ2v) is 5.99. The molecule has 0 saturated carbocycles. The molecule has 0 radical (unpaired) electrons. The predicted octanol–water partition coefficient (Wildman–Crippen LogP) is 3.43. The van der Waals surface area contributed by atoms with Gasteiger partial charge in [0.15, 0.2) is 0 Å². The fourth-order valence-corrected chi connectivity index (χ4v) is 3.13. The van der Waals surface area contributed by atoms with Gasteiger partial charge in [-0.1, -0.05) is 24.0 Å². The van der Waals surface area contributed by atoms with Gasteiger partial charge in [-0.25, -0.2) is 4.98 Å². The lowest BCUT2D eigenvalue weighted by Crippen LogP contribution is -2.12. The van der Waals surface area contributed by atoms with E-state index in [9.17, 15) is 0 Å². The van der Waals surface area contributed by atoms with Crippen LogP contribution in [0.3, 0.4) is 0 Å². The summed E-state index contributed by atoms with van der Waals surface area (Å²) in [4.78, 5) is 4.43. The zero-order valence-corrected chi connectivity index (χ0v) is 11.9. The standard InChI is InChI=1S/C13H13N3S2/c1-8-6-16(9(2)14-8)11-3-4-12-10(5-11)7-18-13(17)15-12/h3-6H,7H2,1-2H3,(H,15,17). The third-order valence-electron chi connectivity index (χ3n) is 2.97. The van der Waals surface area contributed by atoms with Gasteiger partial charge in [0.1, 0.15) is 10.1 Å². The molecule has 2 aromatic rings. The molecule has 0 spiro atoms. The van der Waals surface area contributed by atoms with Crippen molar-refractivity contribution in [3.8, 4) is 5.69 Å². The van der Waals surface area contributed by atoms with Crippen LogP contribution in [-0.4, -0.2) is 13.9 Å². The number of anilines is 1.